The molecule has 6 nitrogen and oxygen atoms in total. The van der Waals surface area contributed by atoms with Crippen LogP contribution in [0.1, 0.15) is 27.2 Å². The van der Waals surface area contributed by atoms with Crippen LogP contribution >= 0.6 is 11.6 Å². The Balaban J connectivity index is 2.35. The van der Waals surface area contributed by atoms with Crippen LogP contribution in [0.25, 0.3) is 11.4 Å². The van der Waals surface area contributed by atoms with E-state index in [4.69, 9.17) is 11.6 Å². The Morgan fingerprint density at radius 2 is 1.90 bits per heavy atom. The third-order valence-corrected chi connectivity index (χ3v) is 3.16. The highest BCUT2D eigenvalue weighted by molar-refractivity contribution is 6.28. The molecule has 2 aromatic rings. The highest BCUT2D eigenvalue weighted by Crippen LogP contribution is 2.19. The lowest BCUT2D eigenvalue weighted by molar-refractivity contribution is 0.603. The Bertz CT molecular complexity index is 564. The van der Waals surface area contributed by atoms with Gasteiger partial charge in [0.25, 0.3) is 0 Å². The minimum Gasteiger partial charge on any atom is -0.341 e. The van der Waals surface area contributed by atoms with Gasteiger partial charge in [0.1, 0.15) is 0 Å². The molecule has 0 saturated carbocycles. The summed E-state index contributed by atoms with van der Waals surface area (Å²) in [5, 5.41) is 4.49. The predicted molar refractivity (Wildman–Crippen MR) is 79.9 cm³/mol. The quantitative estimate of drug-likeness (QED) is 0.819. The second kappa shape index (κ2) is 6.65. The van der Waals surface area contributed by atoms with Gasteiger partial charge in [-0.3, -0.25) is 4.68 Å². The van der Waals surface area contributed by atoms with Gasteiger partial charge in [0.2, 0.25) is 11.2 Å². The van der Waals surface area contributed by atoms with Crippen molar-refractivity contribution < 1.29 is 0 Å². The van der Waals surface area contributed by atoms with Gasteiger partial charge in [-0.15, -0.1) is 0 Å². The molecular weight excluding hydrogens is 276 g/mol. The summed E-state index contributed by atoms with van der Waals surface area (Å²) in [7, 11) is 0. The molecule has 2 aromatic heterocycles. The maximum Gasteiger partial charge on any atom is 0.230 e. The number of hydrogen-bond donors (Lipinski definition) is 0. The summed E-state index contributed by atoms with van der Waals surface area (Å²) in [6, 6.07) is 0. The van der Waals surface area contributed by atoms with Crippen molar-refractivity contribution in [3.63, 3.8) is 0 Å². The molecule has 0 fully saturated rings. The van der Waals surface area contributed by atoms with Gasteiger partial charge < -0.3 is 4.90 Å². The minimum atomic E-state index is 0.208. The topological polar surface area (TPSA) is 59.7 Å². The van der Waals surface area contributed by atoms with Crippen molar-refractivity contribution in [1.29, 1.82) is 0 Å². The van der Waals surface area contributed by atoms with Crippen LogP contribution in [0.5, 0.6) is 0 Å². The fourth-order valence-corrected chi connectivity index (χ4v) is 2.10. The summed E-state index contributed by atoms with van der Waals surface area (Å²) in [6.07, 6.45) is 4.72. The summed E-state index contributed by atoms with van der Waals surface area (Å²) < 4.78 is 1.88. The molecule has 2 heterocycles. The average molecular weight is 295 g/mol. The van der Waals surface area contributed by atoms with Gasteiger partial charge in [-0.1, -0.05) is 6.92 Å². The van der Waals surface area contributed by atoms with Gasteiger partial charge in [0, 0.05) is 25.8 Å². The summed E-state index contributed by atoms with van der Waals surface area (Å²) in [5.41, 5.74) is 0.858. The minimum absolute atomic E-state index is 0.208. The maximum atomic E-state index is 6.01. The van der Waals surface area contributed by atoms with Crippen LogP contribution in [-0.2, 0) is 6.54 Å². The molecule has 20 heavy (non-hydrogen) atoms. The zero-order valence-electron chi connectivity index (χ0n) is 12.0. The van der Waals surface area contributed by atoms with E-state index < -0.39 is 0 Å². The standard InChI is InChI=1S/C13H19ClN6/c1-4-7-20-9-10(8-15-20)11-16-12(14)18-13(17-11)19(5-2)6-3/h8-9H,4-7H2,1-3H3. The molecule has 0 aliphatic rings. The van der Waals surface area contributed by atoms with E-state index in [1.807, 2.05) is 15.8 Å². The summed E-state index contributed by atoms with van der Waals surface area (Å²) >= 11 is 6.01. The number of nitrogens with zero attached hydrogens (tertiary/aromatic N) is 6. The lowest BCUT2D eigenvalue weighted by Crippen LogP contribution is -2.24. The van der Waals surface area contributed by atoms with Gasteiger partial charge in [0.05, 0.1) is 11.8 Å². The Kier molecular flexibility index (Phi) is 4.89. The van der Waals surface area contributed by atoms with Gasteiger partial charge in [-0.25, -0.2) is 0 Å². The molecule has 0 amide bonds. The van der Waals surface area contributed by atoms with Crippen molar-refractivity contribution >= 4 is 17.5 Å². The van der Waals surface area contributed by atoms with E-state index >= 15 is 0 Å². The third-order valence-electron chi connectivity index (χ3n) is 2.99. The second-order valence-corrected chi connectivity index (χ2v) is 4.73. The van der Waals surface area contributed by atoms with E-state index in [-0.39, 0.29) is 5.28 Å². The van der Waals surface area contributed by atoms with E-state index in [2.05, 4.69) is 40.8 Å². The van der Waals surface area contributed by atoms with Crippen LogP contribution in [0.15, 0.2) is 12.4 Å². The van der Waals surface area contributed by atoms with Crippen molar-refractivity contribution in [3.8, 4) is 11.4 Å². The highest BCUT2D eigenvalue weighted by atomic mass is 35.5. The van der Waals surface area contributed by atoms with Crippen LogP contribution in [0.4, 0.5) is 5.95 Å². The smallest absolute Gasteiger partial charge is 0.230 e. The number of hydrogen-bond acceptors (Lipinski definition) is 5. The van der Waals surface area contributed by atoms with Crippen molar-refractivity contribution in [2.45, 2.75) is 33.7 Å². The van der Waals surface area contributed by atoms with Crippen molar-refractivity contribution in [2.24, 2.45) is 0 Å². The zero-order chi connectivity index (χ0) is 14.5. The molecule has 0 bridgehead atoms. The Morgan fingerprint density at radius 1 is 1.15 bits per heavy atom. The lowest BCUT2D eigenvalue weighted by atomic mass is 10.3. The third kappa shape index (κ3) is 3.25. The van der Waals surface area contributed by atoms with E-state index in [1.54, 1.807) is 6.20 Å². The Morgan fingerprint density at radius 3 is 2.55 bits per heavy atom. The van der Waals surface area contributed by atoms with E-state index in [0.717, 1.165) is 31.6 Å². The van der Waals surface area contributed by atoms with Crippen molar-refractivity contribution in [3.05, 3.63) is 17.7 Å². The molecule has 2 rings (SSSR count). The summed E-state index contributed by atoms with van der Waals surface area (Å²) in [6.45, 7) is 8.75. The van der Waals surface area contributed by atoms with Crippen LogP contribution < -0.4 is 4.90 Å². The number of rotatable bonds is 6. The lowest BCUT2D eigenvalue weighted by Gasteiger charge is -2.18. The van der Waals surface area contributed by atoms with Gasteiger partial charge in [0.15, 0.2) is 5.82 Å². The highest BCUT2D eigenvalue weighted by Gasteiger charge is 2.12. The van der Waals surface area contributed by atoms with Crippen LogP contribution in [0, 0.1) is 0 Å². The summed E-state index contributed by atoms with van der Waals surface area (Å²) in [4.78, 5) is 14.9. The first-order valence-corrected chi connectivity index (χ1v) is 7.25. The molecule has 0 aliphatic carbocycles. The Labute approximate surface area is 123 Å². The predicted octanol–water partition coefficient (Wildman–Crippen LogP) is 2.64. The van der Waals surface area contributed by atoms with Crippen molar-refractivity contribution in [1.82, 2.24) is 24.7 Å². The van der Waals surface area contributed by atoms with Gasteiger partial charge >= 0.3 is 0 Å². The fourth-order valence-electron chi connectivity index (χ4n) is 1.95. The number of aryl methyl sites for hydroxylation is 1. The molecule has 0 N–H and O–H groups in total. The van der Waals surface area contributed by atoms with Crippen LogP contribution in [0.3, 0.4) is 0 Å². The first kappa shape index (κ1) is 14.7. The molecule has 7 heteroatoms. The first-order valence-electron chi connectivity index (χ1n) is 6.87. The van der Waals surface area contributed by atoms with Crippen LogP contribution in [-0.4, -0.2) is 37.8 Å². The van der Waals surface area contributed by atoms with Gasteiger partial charge in [-0.05, 0) is 31.9 Å². The molecule has 0 aliphatic heterocycles. The monoisotopic (exact) mass is 294 g/mol. The van der Waals surface area contributed by atoms with Crippen molar-refractivity contribution in [2.75, 3.05) is 18.0 Å². The zero-order valence-corrected chi connectivity index (χ0v) is 12.8. The molecule has 0 atom stereocenters. The molecular formula is C13H19ClN6. The largest absolute Gasteiger partial charge is 0.341 e. The molecule has 108 valence electrons. The molecule has 0 unspecified atom stereocenters. The normalized spacial score (nSPS) is 10.8. The second-order valence-electron chi connectivity index (χ2n) is 4.39. The van der Waals surface area contributed by atoms with Crippen LogP contribution in [0.2, 0.25) is 5.28 Å². The fraction of sp³-hybridized carbons (Fsp3) is 0.538. The maximum absolute atomic E-state index is 6.01. The van der Waals surface area contributed by atoms with Gasteiger partial charge in [-0.2, -0.15) is 20.1 Å². The number of halogens is 1. The Hall–Kier alpha value is -1.69. The first-order chi connectivity index (χ1) is 9.67. The number of aromatic nitrogens is 5. The summed E-state index contributed by atoms with van der Waals surface area (Å²) in [5.74, 6) is 1.17. The molecule has 0 spiro atoms. The van der Waals surface area contributed by atoms with E-state index in [9.17, 15) is 0 Å². The molecule has 0 saturated heterocycles. The molecule has 0 radical (unpaired) electrons. The molecule has 0 aromatic carbocycles. The average Bonchev–Trinajstić information content (AvgIpc) is 2.89. The SMILES string of the molecule is CCCn1cc(-c2nc(Cl)nc(N(CC)CC)n2)cn1. The van der Waals surface area contributed by atoms with E-state index in [1.165, 1.54) is 0 Å². The number of anilines is 1. The van der Waals surface area contributed by atoms with E-state index in [0.29, 0.717) is 11.8 Å².